The summed E-state index contributed by atoms with van der Waals surface area (Å²) < 4.78 is 2.06. The van der Waals surface area contributed by atoms with E-state index in [1.54, 1.807) is 0 Å². The van der Waals surface area contributed by atoms with Crippen LogP contribution in [-0.2, 0) is 13.5 Å². The lowest BCUT2D eigenvalue weighted by molar-refractivity contribution is 0.623. The number of rotatable bonds is 6. The molecule has 2 N–H and O–H groups in total. The van der Waals surface area contributed by atoms with Gasteiger partial charge >= 0.3 is 0 Å². The molecular formula is C10H20N4. The lowest BCUT2D eigenvalue weighted by Crippen LogP contribution is -2.00. The zero-order valence-electron chi connectivity index (χ0n) is 9.16. The van der Waals surface area contributed by atoms with Crippen LogP contribution in [0.3, 0.4) is 0 Å². The van der Waals surface area contributed by atoms with Crippen LogP contribution < -0.4 is 5.73 Å². The summed E-state index contributed by atoms with van der Waals surface area (Å²) in [6, 6.07) is 0. The highest BCUT2D eigenvalue weighted by Crippen LogP contribution is 2.05. The Morgan fingerprint density at radius 3 is 2.43 bits per heavy atom. The van der Waals surface area contributed by atoms with E-state index in [9.17, 15) is 0 Å². The number of nitrogens with two attached hydrogens (primary N) is 1. The molecule has 1 aromatic heterocycles. The number of hydrogen-bond acceptors (Lipinski definition) is 3. The average Bonchev–Trinajstić information content (AvgIpc) is 2.49. The summed E-state index contributed by atoms with van der Waals surface area (Å²) in [5, 5.41) is 8.15. The van der Waals surface area contributed by atoms with Gasteiger partial charge in [0.15, 0.2) is 0 Å². The van der Waals surface area contributed by atoms with Gasteiger partial charge in [0, 0.05) is 13.5 Å². The first-order valence-corrected chi connectivity index (χ1v) is 5.30. The summed E-state index contributed by atoms with van der Waals surface area (Å²) in [4.78, 5) is 0. The smallest absolute Gasteiger partial charge is 0.132 e. The van der Waals surface area contributed by atoms with E-state index in [-0.39, 0.29) is 0 Å². The Balaban J connectivity index is 2.21. The van der Waals surface area contributed by atoms with Gasteiger partial charge in [-0.1, -0.05) is 12.8 Å². The Labute approximate surface area is 85.5 Å². The Hall–Kier alpha value is -0.900. The molecule has 0 spiro atoms. The number of aryl methyl sites for hydroxylation is 2. The molecule has 4 nitrogen and oxygen atoms in total. The van der Waals surface area contributed by atoms with Crippen molar-refractivity contribution in [1.82, 2.24) is 14.8 Å². The van der Waals surface area contributed by atoms with Gasteiger partial charge in [0.2, 0.25) is 0 Å². The van der Waals surface area contributed by atoms with Crippen molar-refractivity contribution in [1.29, 1.82) is 0 Å². The highest BCUT2D eigenvalue weighted by atomic mass is 15.3. The molecule has 0 aliphatic carbocycles. The van der Waals surface area contributed by atoms with E-state index in [1.165, 1.54) is 19.3 Å². The molecule has 0 fully saturated rings. The maximum Gasteiger partial charge on any atom is 0.132 e. The second-order valence-electron chi connectivity index (χ2n) is 3.68. The SMILES string of the molecule is Cc1nnc(CCCCCCN)n1C. The molecule has 0 saturated heterocycles. The van der Waals surface area contributed by atoms with Gasteiger partial charge in [0.05, 0.1) is 0 Å². The fourth-order valence-corrected chi connectivity index (χ4v) is 1.45. The van der Waals surface area contributed by atoms with Crippen LogP contribution in [-0.4, -0.2) is 21.3 Å². The van der Waals surface area contributed by atoms with Crippen LogP contribution in [0.5, 0.6) is 0 Å². The minimum Gasteiger partial charge on any atom is -0.330 e. The van der Waals surface area contributed by atoms with E-state index in [2.05, 4.69) is 14.8 Å². The van der Waals surface area contributed by atoms with Crippen molar-refractivity contribution in [2.24, 2.45) is 12.8 Å². The van der Waals surface area contributed by atoms with E-state index < -0.39 is 0 Å². The van der Waals surface area contributed by atoms with Crippen LogP contribution >= 0.6 is 0 Å². The number of unbranched alkanes of at least 4 members (excludes halogenated alkanes) is 3. The molecule has 4 heteroatoms. The van der Waals surface area contributed by atoms with E-state index in [4.69, 9.17) is 5.73 Å². The van der Waals surface area contributed by atoms with Crippen LogP contribution in [0, 0.1) is 6.92 Å². The normalized spacial score (nSPS) is 10.8. The fraction of sp³-hybridized carbons (Fsp3) is 0.800. The summed E-state index contributed by atoms with van der Waals surface area (Å²) in [5.74, 6) is 2.08. The van der Waals surface area contributed by atoms with Gasteiger partial charge in [0.25, 0.3) is 0 Å². The molecule has 0 unspecified atom stereocenters. The standard InChI is InChI=1S/C10H20N4/c1-9-12-13-10(14(9)2)7-5-3-4-6-8-11/h3-8,11H2,1-2H3. The van der Waals surface area contributed by atoms with Crippen LogP contribution in [0.25, 0.3) is 0 Å². The van der Waals surface area contributed by atoms with Crippen molar-refractivity contribution in [2.45, 2.75) is 39.0 Å². The minimum absolute atomic E-state index is 0.809. The van der Waals surface area contributed by atoms with Crippen molar-refractivity contribution in [2.75, 3.05) is 6.54 Å². The maximum absolute atomic E-state index is 5.42. The maximum atomic E-state index is 5.42. The Morgan fingerprint density at radius 2 is 1.86 bits per heavy atom. The van der Waals surface area contributed by atoms with Crippen molar-refractivity contribution < 1.29 is 0 Å². The van der Waals surface area contributed by atoms with E-state index >= 15 is 0 Å². The van der Waals surface area contributed by atoms with Crippen molar-refractivity contribution in [3.8, 4) is 0 Å². The fourth-order valence-electron chi connectivity index (χ4n) is 1.45. The molecule has 1 rings (SSSR count). The summed E-state index contributed by atoms with van der Waals surface area (Å²) in [6.45, 7) is 2.79. The van der Waals surface area contributed by atoms with Crippen molar-refractivity contribution >= 4 is 0 Å². The summed E-state index contributed by atoms with van der Waals surface area (Å²) in [6.07, 6.45) is 5.82. The second-order valence-corrected chi connectivity index (χ2v) is 3.68. The number of aromatic nitrogens is 3. The first kappa shape index (κ1) is 11.2. The lowest BCUT2D eigenvalue weighted by atomic mass is 10.1. The molecule has 0 aliphatic heterocycles. The summed E-state index contributed by atoms with van der Waals surface area (Å²) in [7, 11) is 2.02. The molecule has 80 valence electrons. The minimum atomic E-state index is 0.809. The zero-order valence-corrected chi connectivity index (χ0v) is 9.16. The highest BCUT2D eigenvalue weighted by molar-refractivity contribution is 4.92. The van der Waals surface area contributed by atoms with Gasteiger partial charge in [-0.15, -0.1) is 10.2 Å². The molecule has 1 heterocycles. The zero-order chi connectivity index (χ0) is 10.4. The third-order valence-electron chi connectivity index (χ3n) is 2.54. The van der Waals surface area contributed by atoms with E-state index in [0.29, 0.717) is 0 Å². The van der Waals surface area contributed by atoms with Crippen molar-refractivity contribution in [3.05, 3.63) is 11.6 Å². The van der Waals surface area contributed by atoms with Crippen molar-refractivity contribution in [3.63, 3.8) is 0 Å². The molecule has 0 aliphatic rings. The third-order valence-corrected chi connectivity index (χ3v) is 2.54. The molecule has 0 bridgehead atoms. The van der Waals surface area contributed by atoms with Gasteiger partial charge in [-0.05, 0) is 26.3 Å². The van der Waals surface area contributed by atoms with Gasteiger partial charge in [0.1, 0.15) is 11.6 Å². The Kier molecular flexibility index (Phi) is 4.59. The van der Waals surface area contributed by atoms with Crippen LogP contribution in [0.2, 0.25) is 0 Å². The molecule has 0 atom stereocenters. The predicted molar refractivity (Wildman–Crippen MR) is 57.0 cm³/mol. The summed E-state index contributed by atoms with van der Waals surface area (Å²) in [5.41, 5.74) is 5.42. The molecular weight excluding hydrogens is 176 g/mol. The summed E-state index contributed by atoms with van der Waals surface area (Å²) >= 11 is 0. The monoisotopic (exact) mass is 196 g/mol. The molecule has 0 amide bonds. The number of hydrogen-bond donors (Lipinski definition) is 1. The topological polar surface area (TPSA) is 56.7 Å². The van der Waals surface area contributed by atoms with Gasteiger partial charge in [-0.3, -0.25) is 0 Å². The molecule has 1 aromatic rings. The van der Waals surface area contributed by atoms with Crippen LogP contribution in [0.1, 0.15) is 37.3 Å². The number of nitrogens with zero attached hydrogens (tertiary/aromatic N) is 3. The Bertz CT molecular complexity index is 267. The Morgan fingerprint density at radius 1 is 1.14 bits per heavy atom. The largest absolute Gasteiger partial charge is 0.330 e. The second kappa shape index (κ2) is 5.75. The molecule has 14 heavy (non-hydrogen) atoms. The van der Waals surface area contributed by atoms with Gasteiger partial charge in [-0.2, -0.15) is 0 Å². The average molecular weight is 196 g/mol. The van der Waals surface area contributed by atoms with Crippen LogP contribution in [0.4, 0.5) is 0 Å². The van der Waals surface area contributed by atoms with Crippen LogP contribution in [0.15, 0.2) is 0 Å². The predicted octanol–water partition coefficient (Wildman–Crippen LogP) is 1.19. The first-order chi connectivity index (χ1) is 6.75. The molecule has 0 aromatic carbocycles. The van der Waals surface area contributed by atoms with E-state index in [0.717, 1.165) is 31.0 Å². The van der Waals surface area contributed by atoms with Gasteiger partial charge < -0.3 is 10.3 Å². The lowest BCUT2D eigenvalue weighted by Gasteiger charge is -2.01. The third kappa shape index (κ3) is 3.10. The molecule has 0 radical (unpaired) electrons. The quantitative estimate of drug-likeness (QED) is 0.695. The van der Waals surface area contributed by atoms with Gasteiger partial charge in [-0.25, -0.2) is 0 Å². The first-order valence-electron chi connectivity index (χ1n) is 5.30. The highest BCUT2D eigenvalue weighted by Gasteiger charge is 2.03. The molecule has 0 saturated carbocycles. The van der Waals surface area contributed by atoms with E-state index in [1.807, 2.05) is 14.0 Å².